The SMILES string of the molecule is COC(=O)C(C)Oc1cc(C)cc(Br)c1. The summed E-state index contributed by atoms with van der Waals surface area (Å²) in [7, 11) is 1.34. The molecular formula is C11H13BrO3. The summed E-state index contributed by atoms with van der Waals surface area (Å²) in [6.45, 7) is 3.61. The molecule has 82 valence electrons. The predicted octanol–water partition coefficient (Wildman–Crippen LogP) is 2.70. The first-order valence-corrected chi connectivity index (χ1v) is 5.34. The average molecular weight is 273 g/mol. The Morgan fingerprint density at radius 3 is 2.60 bits per heavy atom. The van der Waals surface area contributed by atoms with Crippen molar-refractivity contribution in [3.05, 3.63) is 28.2 Å². The Bertz CT molecular complexity index is 343. The van der Waals surface area contributed by atoms with Crippen molar-refractivity contribution in [3.63, 3.8) is 0 Å². The van der Waals surface area contributed by atoms with Crippen LogP contribution in [0.5, 0.6) is 5.75 Å². The van der Waals surface area contributed by atoms with Gasteiger partial charge in [0.15, 0.2) is 6.10 Å². The second-order valence-electron chi connectivity index (χ2n) is 3.25. The molecule has 1 aromatic rings. The van der Waals surface area contributed by atoms with Crippen LogP contribution in [0.4, 0.5) is 0 Å². The van der Waals surface area contributed by atoms with Gasteiger partial charge in [-0.2, -0.15) is 0 Å². The van der Waals surface area contributed by atoms with Crippen LogP contribution in [0, 0.1) is 6.92 Å². The maximum absolute atomic E-state index is 11.1. The van der Waals surface area contributed by atoms with Crippen molar-refractivity contribution >= 4 is 21.9 Å². The summed E-state index contributed by atoms with van der Waals surface area (Å²) in [5.41, 5.74) is 1.07. The van der Waals surface area contributed by atoms with Gasteiger partial charge in [0.25, 0.3) is 0 Å². The molecule has 0 heterocycles. The van der Waals surface area contributed by atoms with Crippen molar-refractivity contribution in [1.82, 2.24) is 0 Å². The number of aryl methyl sites for hydroxylation is 1. The molecule has 0 saturated carbocycles. The van der Waals surface area contributed by atoms with Gasteiger partial charge in [-0.25, -0.2) is 4.79 Å². The van der Waals surface area contributed by atoms with E-state index in [4.69, 9.17) is 4.74 Å². The topological polar surface area (TPSA) is 35.5 Å². The summed E-state index contributed by atoms with van der Waals surface area (Å²) in [5.74, 6) is 0.271. The lowest BCUT2D eigenvalue weighted by atomic mass is 10.2. The van der Waals surface area contributed by atoms with E-state index in [0.717, 1.165) is 10.0 Å². The van der Waals surface area contributed by atoms with Gasteiger partial charge in [-0.15, -0.1) is 0 Å². The van der Waals surface area contributed by atoms with Crippen LogP contribution in [0.25, 0.3) is 0 Å². The zero-order chi connectivity index (χ0) is 11.4. The molecule has 0 amide bonds. The van der Waals surface area contributed by atoms with Crippen LogP contribution in [0.1, 0.15) is 12.5 Å². The molecule has 1 rings (SSSR count). The lowest BCUT2D eigenvalue weighted by Gasteiger charge is -2.13. The standard InChI is InChI=1S/C11H13BrO3/c1-7-4-9(12)6-10(5-7)15-8(2)11(13)14-3/h4-6,8H,1-3H3. The fraction of sp³-hybridized carbons (Fsp3) is 0.364. The number of benzene rings is 1. The summed E-state index contributed by atoms with van der Waals surface area (Å²) < 4.78 is 10.9. The van der Waals surface area contributed by atoms with E-state index in [2.05, 4.69) is 20.7 Å². The number of methoxy groups -OCH3 is 1. The number of esters is 1. The molecule has 0 saturated heterocycles. The molecule has 0 aliphatic heterocycles. The minimum atomic E-state index is -0.594. The Morgan fingerprint density at radius 1 is 1.40 bits per heavy atom. The molecule has 0 aromatic heterocycles. The van der Waals surface area contributed by atoms with E-state index < -0.39 is 6.10 Å². The van der Waals surface area contributed by atoms with E-state index in [0.29, 0.717) is 5.75 Å². The van der Waals surface area contributed by atoms with Crippen LogP contribution < -0.4 is 4.74 Å². The molecule has 0 fully saturated rings. The molecule has 1 aromatic carbocycles. The second kappa shape index (κ2) is 5.16. The fourth-order valence-electron chi connectivity index (χ4n) is 1.19. The first kappa shape index (κ1) is 12.0. The summed E-state index contributed by atoms with van der Waals surface area (Å²) >= 11 is 3.36. The lowest BCUT2D eigenvalue weighted by Crippen LogP contribution is -2.24. The minimum Gasteiger partial charge on any atom is -0.479 e. The predicted molar refractivity (Wildman–Crippen MR) is 61.0 cm³/mol. The number of ether oxygens (including phenoxy) is 2. The van der Waals surface area contributed by atoms with E-state index in [1.54, 1.807) is 6.92 Å². The van der Waals surface area contributed by atoms with E-state index in [1.165, 1.54) is 7.11 Å². The first-order valence-electron chi connectivity index (χ1n) is 4.54. The van der Waals surface area contributed by atoms with Gasteiger partial charge >= 0.3 is 5.97 Å². The highest BCUT2D eigenvalue weighted by Gasteiger charge is 2.14. The van der Waals surface area contributed by atoms with Crippen molar-refractivity contribution in [1.29, 1.82) is 0 Å². The highest BCUT2D eigenvalue weighted by molar-refractivity contribution is 9.10. The number of carbonyl (C=O) groups is 1. The lowest BCUT2D eigenvalue weighted by molar-refractivity contribution is -0.147. The number of hydrogen-bond donors (Lipinski definition) is 0. The minimum absolute atomic E-state index is 0.382. The largest absolute Gasteiger partial charge is 0.479 e. The quantitative estimate of drug-likeness (QED) is 0.794. The van der Waals surface area contributed by atoms with Crippen LogP contribution in [-0.4, -0.2) is 19.2 Å². The number of carbonyl (C=O) groups excluding carboxylic acids is 1. The Labute approximate surface area is 97.5 Å². The third-order valence-corrected chi connectivity index (χ3v) is 2.32. The molecule has 4 heteroatoms. The molecular weight excluding hydrogens is 260 g/mol. The van der Waals surface area contributed by atoms with Crippen molar-refractivity contribution in [3.8, 4) is 5.75 Å². The van der Waals surface area contributed by atoms with Crippen molar-refractivity contribution in [2.24, 2.45) is 0 Å². The molecule has 1 atom stereocenters. The van der Waals surface area contributed by atoms with Crippen molar-refractivity contribution in [2.75, 3.05) is 7.11 Å². The summed E-state index contributed by atoms with van der Waals surface area (Å²) in [5, 5.41) is 0. The van der Waals surface area contributed by atoms with E-state index >= 15 is 0 Å². The van der Waals surface area contributed by atoms with E-state index in [9.17, 15) is 4.79 Å². The van der Waals surface area contributed by atoms with Gasteiger partial charge in [-0.1, -0.05) is 15.9 Å². The van der Waals surface area contributed by atoms with Gasteiger partial charge in [0, 0.05) is 4.47 Å². The third kappa shape index (κ3) is 3.55. The smallest absolute Gasteiger partial charge is 0.346 e. The summed E-state index contributed by atoms with van der Waals surface area (Å²) in [6.07, 6.45) is -0.594. The monoisotopic (exact) mass is 272 g/mol. The Kier molecular flexibility index (Phi) is 4.15. The first-order chi connectivity index (χ1) is 7.02. The van der Waals surface area contributed by atoms with Gasteiger partial charge in [-0.3, -0.25) is 0 Å². The van der Waals surface area contributed by atoms with Gasteiger partial charge in [0.05, 0.1) is 7.11 Å². The van der Waals surface area contributed by atoms with Gasteiger partial charge < -0.3 is 9.47 Å². The van der Waals surface area contributed by atoms with E-state index in [-0.39, 0.29) is 5.97 Å². The highest BCUT2D eigenvalue weighted by atomic mass is 79.9. The normalized spacial score (nSPS) is 12.0. The van der Waals surface area contributed by atoms with Gasteiger partial charge in [0.1, 0.15) is 5.75 Å². The van der Waals surface area contributed by atoms with E-state index in [1.807, 2.05) is 25.1 Å². The maximum Gasteiger partial charge on any atom is 0.346 e. The molecule has 1 unspecified atom stereocenters. The van der Waals surface area contributed by atoms with Crippen LogP contribution >= 0.6 is 15.9 Å². The molecule has 0 spiro atoms. The molecule has 0 bridgehead atoms. The van der Waals surface area contributed by atoms with Gasteiger partial charge in [0.2, 0.25) is 0 Å². The van der Waals surface area contributed by atoms with Gasteiger partial charge in [-0.05, 0) is 37.6 Å². The number of hydrogen-bond acceptors (Lipinski definition) is 3. The second-order valence-corrected chi connectivity index (χ2v) is 4.16. The summed E-state index contributed by atoms with van der Waals surface area (Å²) in [6, 6.07) is 5.65. The molecule has 0 radical (unpaired) electrons. The number of halogens is 1. The van der Waals surface area contributed by atoms with Crippen LogP contribution in [0.2, 0.25) is 0 Å². The third-order valence-electron chi connectivity index (χ3n) is 1.86. The molecule has 0 N–H and O–H groups in total. The Hall–Kier alpha value is -1.03. The zero-order valence-electron chi connectivity index (χ0n) is 8.91. The Morgan fingerprint density at radius 2 is 2.07 bits per heavy atom. The summed E-state index contributed by atoms with van der Waals surface area (Å²) in [4.78, 5) is 11.1. The number of rotatable bonds is 3. The van der Waals surface area contributed by atoms with Crippen molar-refractivity contribution in [2.45, 2.75) is 20.0 Å². The molecule has 3 nitrogen and oxygen atoms in total. The Balaban J connectivity index is 2.76. The molecule has 15 heavy (non-hydrogen) atoms. The highest BCUT2D eigenvalue weighted by Crippen LogP contribution is 2.22. The average Bonchev–Trinajstić information content (AvgIpc) is 2.14. The molecule has 0 aliphatic rings. The maximum atomic E-state index is 11.1. The fourth-order valence-corrected chi connectivity index (χ4v) is 1.78. The van der Waals surface area contributed by atoms with Crippen molar-refractivity contribution < 1.29 is 14.3 Å². The van der Waals surface area contributed by atoms with Crippen LogP contribution in [-0.2, 0) is 9.53 Å². The van der Waals surface area contributed by atoms with Crippen LogP contribution in [0.3, 0.4) is 0 Å². The zero-order valence-corrected chi connectivity index (χ0v) is 10.5. The van der Waals surface area contributed by atoms with Crippen LogP contribution in [0.15, 0.2) is 22.7 Å². The molecule has 0 aliphatic carbocycles.